The molecule has 1 aromatic rings. The molecule has 0 aliphatic heterocycles. The van der Waals surface area contributed by atoms with Crippen LogP contribution in [0.1, 0.15) is 26.3 Å². The van der Waals surface area contributed by atoms with Gasteiger partial charge in [-0.2, -0.15) is 0 Å². The van der Waals surface area contributed by atoms with Crippen LogP contribution in [-0.2, 0) is 25.5 Å². The van der Waals surface area contributed by atoms with Crippen molar-refractivity contribution in [3.8, 4) is 0 Å². The van der Waals surface area contributed by atoms with Gasteiger partial charge in [0.25, 0.3) is 5.78 Å². The zero-order valence-corrected chi connectivity index (χ0v) is 13.2. The second-order valence-corrected chi connectivity index (χ2v) is 5.74. The summed E-state index contributed by atoms with van der Waals surface area (Å²) in [5.74, 6) is -1.82. The fourth-order valence-corrected chi connectivity index (χ4v) is 1.75. The van der Waals surface area contributed by atoms with Gasteiger partial charge in [-0.3, -0.25) is 4.79 Å². The van der Waals surface area contributed by atoms with Crippen molar-refractivity contribution in [2.75, 3.05) is 7.11 Å². The summed E-state index contributed by atoms with van der Waals surface area (Å²) in [6.07, 6.45) is -0.584. The summed E-state index contributed by atoms with van der Waals surface area (Å²) in [6, 6.07) is 8.01. The number of amides is 1. The Bertz CT molecular complexity index is 533. The summed E-state index contributed by atoms with van der Waals surface area (Å²) in [4.78, 5) is 35.3. The number of alkyl carbamates (subject to hydrolysis) is 1. The Morgan fingerprint density at radius 1 is 1.14 bits per heavy atom. The van der Waals surface area contributed by atoms with Crippen molar-refractivity contribution in [3.05, 3.63) is 35.9 Å². The van der Waals surface area contributed by atoms with Crippen molar-refractivity contribution in [3.63, 3.8) is 0 Å². The molecule has 22 heavy (non-hydrogen) atoms. The summed E-state index contributed by atoms with van der Waals surface area (Å²) in [5, 5.41) is 2.43. The number of hydrogen-bond acceptors (Lipinski definition) is 5. The van der Waals surface area contributed by atoms with Gasteiger partial charge in [-0.15, -0.1) is 0 Å². The molecule has 1 N–H and O–H groups in total. The molecule has 0 saturated carbocycles. The summed E-state index contributed by atoms with van der Waals surface area (Å²) in [7, 11) is 1.12. The number of nitrogens with one attached hydrogen (secondary N) is 1. The third-order valence-corrected chi connectivity index (χ3v) is 2.68. The lowest BCUT2D eigenvalue weighted by Gasteiger charge is -2.22. The summed E-state index contributed by atoms with van der Waals surface area (Å²) < 4.78 is 9.55. The predicted molar refractivity (Wildman–Crippen MR) is 80.3 cm³/mol. The van der Waals surface area contributed by atoms with Crippen molar-refractivity contribution < 1.29 is 23.9 Å². The molecule has 0 bridgehead atoms. The zero-order valence-electron chi connectivity index (χ0n) is 13.2. The van der Waals surface area contributed by atoms with Crippen molar-refractivity contribution in [1.82, 2.24) is 5.32 Å². The van der Waals surface area contributed by atoms with Crippen LogP contribution >= 0.6 is 0 Å². The van der Waals surface area contributed by atoms with Crippen LogP contribution in [0.2, 0.25) is 0 Å². The average molecular weight is 307 g/mol. The van der Waals surface area contributed by atoms with E-state index in [9.17, 15) is 14.4 Å². The number of ketones is 1. The molecule has 0 radical (unpaired) electrons. The number of carbonyl (C=O) groups excluding carboxylic acids is 3. The van der Waals surface area contributed by atoms with Gasteiger partial charge in [0.05, 0.1) is 7.11 Å². The molecule has 6 nitrogen and oxygen atoms in total. The minimum atomic E-state index is -1.04. The maximum Gasteiger partial charge on any atom is 0.408 e. The largest absolute Gasteiger partial charge is 0.463 e. The Kier molecular flexibility index (Phi) is 6.10. The van der Waals surface area contributed by atoms with Crippen LogP contribution < -0.4 is 5.32 Å². The highest BCUT2D eigenvalue weighted by atomic mass is 16.6. The zero-order chi connectivity index (χ0) is 16.8. The lowest BCUT2D eigenvalue weighted by molar-refractivity contribution is -0.152. The van der Waals surface area contributed by atoms with Gasteiger partial charge in [0.2, 0.25) is 0 Å². The summed E-state index contributed by atoms with van der Waals surface area (Å²) in [5.41, 5.74) is 0.108. The number of ether oxygens (including phenoxy) is 2. The first-order chi connectivity index (χ1) is 10.2. The van der Waals surface area contributed by atoms with Crippen LogP contribution in [0.5, 0.6) is 0 Å². The molecule has 1 amide bonds. The average Bonchev–Trinajstić information content (AvgIpc) is 2.44. The highest BCUT2D eigenvalue weighted by molar-refractivity contribution is 6.36. The van der Waals surface area contributed by atoms with E-state index in [0.717, 1.165) is 12.7 Å². The van der Waals surface area contributed by atoms with Gasteiger partial charge in [0.15, 0.2) is 0 Å². The molecule has 0 fully saturated rings. The molecule has 120 valence electrons. The second-order valence-electron chi connectivity index (χ2n) is 5.74. The maximum atomic E-state index is 12.0. The molecule has 0 unspecified atom stereocenters. The molecule has 0 aromatic heterocycles. The number of esters is 1. The molecule has 0 aliphatic carbocycles. The van der Waals surface area contributed by atoms with Gasteiger partial charge in [-0.1, -0.05) is 30.3 Å². The number of methoxy groups -OCH3 is 1. The molecule has 0 heterocycles. The van der Waals surface area contributed by atoms with Crippen LogP contribution in [0, 0.1) is 0 Å². The van der Waals surface area contributed by atoms with Crippen molar-refractivity contribution in [2.45, 2.75) is 38.8 Å². The molecule has 1 aromatic carbocycles. The van der Waals surface area contributed by atoms with Crippen molar-refractivity contribution in [2.24, 2.45) is 0 Å². The monoisotopic (exact) mass is 307 g/mol. The minimum absolute atomic E-state index is 0.175. The third kappa shape index (κ3) is 5.95. The molecule has 0 spiro atoms. The first kappa shape index (κ1) is 17.7. The molecule has 1 rings (SSSR count). The summed E-state index contributed by atoms with van der Waals surface area (Å²) in [6.45, 7) is 5.13. The lowest BCUT2D eigenvalue weighted by atomic mass is 10.0. The van der Waals surface area contributed by atoms with Crippen LogP contribution in [0.15, 0.2) is 30.3 Å². The molecular formula is C16H21NO5. The molecule has 1 atom stereocenters. The van der Waals surface area contributed by atoms with Crippen LogP contribution in [0.25, 0.3) is 0 Å². The van der Waals surface area contributed by atoms with E-state index < -0.39 is 29.5 Å². The number of benzene rings is 1. The van der Waals surface area contributed by atoms with Crippen LogP contribution in [-0.4, -0.2) is 36.6 Å². The Hall–Kier alpha value is -2.37. The van der Waals surface area contributed by atoms with Gasteiger partial charge in [-0.25, -0.2) is 9.59 Å². The minimum Gasteiger partial charge on any atom is -0.463 e. The van der Waals surface area contributed by atoms with Gasteiger partial charge < -0.3 is 14.8 Å². The first-order valence-electron chi connectivity index (χ1n) is 6.88. The molecule has 6 heteroatoms. The number of hydrogen-bond donors (Lipinski definition) is 1. The van der Waals surface area contributed by atoms with Gasteiger partial charge in [0, 0.05) is 6.42 Å². The standard InChI is InChI=1S/C16H21NO5/c1-16(2,3)22-15(20)17-12(13(18)14(19)21-4)10-11-8-6-5-7-9-11/h5-9,12H,10H2,1-4H3,(H,17,20)/t12-/m1/s1. The van der Waals surface area contributed by atoms with Crippen LogP contribution in [0.3, 0.4) is 0 Å². The number of carbonyl (C=O) groups is 3. The number of rotatable bonds is 5. The summed E-state index contributed by atoms with van der Waals surface area (Å²) >= 11 is 0. The van der Waals surface area contributed by atoms with E-state index in [1.165, 1.54) is 0 Å². The van der Waals surface area contributed by atoms with Gasteiger partial charge >= 0.3 is 12.1 Å². The van der Waals surface area contributed by atoms with Crippen LogP contribution in [0.4, 0.5) is 4.79 Å². The van der Waals surface area contributed by atoms with Crippen molar-refractivity contribution in [1.29, 1.82) is 0 Å². The van der Waals surface area contributed by atoms with E-state index in [1.54, 1.807) is 32.9 Å². The Labute approximate surface area is 129 Å². The normalized spacial score (nSPS) is 12.2. The fourth-order valence-electron chi connectivity index (χ4n) is 1.75. The van der Waals surface area contributed by atoms with E-state index in [0.29, 0.717) is 0 Å². The quantitative estimate of drug-likeness (QED) is 0.663. The molecular weight excluding hydrogens is 286 g/mol. The van der Waals surface area contributed by atoms with E-state index in [4.69, 9.17) is 4.74 Å². The maximum absolute atomic E-state index is 12.0. The highest BCUT2D eigenvalue weighted by Gasteiger charge is 2.29. The Balaban J connectivity index is 2.85. The van der Waals surface area contributed by atoms with Gasteiger partial charge in [0.1, 0.15) is 11.6 Å². The number of Topliss-reactive ketones (excluding diaryl/α,β-unsaturated/α-hetero) is 1. The molecule has 0 aliphatic rings. The van der Waals surface area contributed by atoms with E-state index in [2.05, 4.69) is 10.1 Å². The lowest BCUT2D eigenvalue weighted by Crippen LogP contribution is -2.47. The first-order valence-corrected chi connectivity index (χ1v) is 6.88. The Morgan fingerprint density at radius 2 is 1.73 bits per heavy atom. The van der Waals surface area contributed by atoms with E-state index in [1.807, 2.05) is 18.2 Å². The Morgan fingerprint density at radius 3 is 2.23 bits per heavy atom. The SMILES string of the molecule is COC(=O)C(=O)[C@@H](Cc1ccccc1)NC(=O)OC(C)(C)C. The smallest absolute Gasteiger partial charge is 0.408 e. The molecule has 0 saturated heterocycles. The third-order valence-electron chi connectivity index (χ3n) is 2.68. The van der Waals surface area contributed by atoms with Gasteiger partial charge in [-0.05, 0) is 26.3 Å². The van der Waals surface area contributed by atoms with E-state index in [-0.39, 0.29) is 6.42 Å². The predicted octanol–water partition coefficient (Wildman–Crippen LogP) is 1.86. The van der Waals surface area contributed by atoms with Crippen molar-refractivity contribution >= 4 is 17.8 Å². The topological polar surface area (TPSA) is 81.7 Å². The highest BCUT2D eigenvalue weighted by Crippen LogP contribution is 2.09. The fraction of sp³-hybridized carbons (Fsp3) is 0.438. The van der Waals surface area contributed by atoms with E-state index >= 15 is 0 Å². The second kappa shape index (κ2) is 7.59.